The fourth-order valence-corrected chi connectivity index (χ4v) is 4.31. The first kappa shape index (κ1) is 18.5. The van der Waals surface area contributed by atoms with Crippen molar-refractivity contribution in [2.45, 2.75) is 44.6 Å². The fraction of sp³-hybridized carbons (Fsp3) is 0.350. The van der Waals surface area contributed by atoms with Crippen LogP contribution in [0.3, 0.4) is 0 Å². The summed E-state index contributed by atoms with van der Waals surface area (Å²) in [5, 5.41) is 21.8. The molecule has 0 amide bonds. The van der Waals surface area contributed by atoms with Gasteiger partial charge in [0, 0.05) is 22.8 Å². The Morgan fingerprint density at radius 2 is 2.00 bits per heavy atom. The summed E-state index contributed by atoms with van der Waals surface area (Å²) in [7, 11) is -1.10. The molecule has 0 bridgehead atoms. The molecular formula is C20H23NO4S. The van der Waals surface area contributed by atoms with Gasteiger partial charge in [-0.25, -0.2) is 4.79 Å². The third kappa shape index (κ3) is 3.33. The predicted molar refractivity (Wildman–Crippen MR) is 102 cm³/mol. The number of nitrogens with zero attached hydrogens (tertiary/aromatic N) is 1. The number of aliphatic carboxylic acids is 1. The van der Waals surface area contributed by atoms with E-state index in [1.807, 2.05) is 24.5 Å². The van der Waals surface area contributed by atoms with Gasteiger partial charge in [-0.3, -0.25) is 4.21 Å². The molecule has 1 aromatic heterocycles. The molecule has 0 radical (unpaired) electrons. The Morgan fingerprint density at radius 1 is 1.23 bits per heavy atom. The van der Waals surface area contributed by atoms with E-state index in [0.29, 0.717) is 45.4 Å². The molecule has 0 saturated carbocycles. The van der Waals surface area contributed by atoms with Crippen LogP contribution in [0.1, 0.15) is 37.3 Å². The summed E-state index contributed by atoms with van der Waals surface area (Å²) < 4.78 is 14.0. The highest BCUT2D eigenvalue weighted by molar-refractivity contribution is 7.85. The SMILES string of the molecule is CCS(=O)c1cccc(C(O)=c2c(C)cc3n2CCCCC=3C(=O)O)c1. The molecule has 2 aromatic rings. The highest BCUT2D eigenvalue weighted by Crippen LogP contribution is 2.16. The molecule has 3 rings (SSSR count). The lowest BCUT2D eigenvalue weighted by Crippen LogP contribution is -2.31. The fourth-order valence-electron chi connectivity index (χ4n) is 3.49. The minimum Gasteiger partial charge on any atom is -0.505 e. The zero-order valence-corrected chi connectivity index (χ0v) is 15.8. The summed E-state index contributed by atoms with van der Waals surface area (Å²) in [5.74, 6) is -0.298. The lowest BCUT2D eigenvalue weighted by Gasteiger charge is -2.08. The van der Waals surface area contributed by atoms with Crippen LogP contribution in [0.5, 0.6) is 0 Å². The zero-order valence-electron chi connectivity index (χ0n) is 15.0. The number of benzene rings is 1. The highest BCUT2D eigenvalue weighted by Gasteiger charge is 2.18. The lowest BCUT2D eigenvalue weighted by atomic mass is 10.1. The van der Waals surface area contributed by atoms with E-state index >= 15 is 0 Å². The van der Waals surface area contributed by atoms with E-state index in [0.717, 1.165) is 18.4 Å². The number of carboxylic acids is 1. The number of aromatic nitrogens is 1. The number of fused-ring (bicyclic) bond motifs is 1. The monoisotopic (exact) mass is 373 g/mol. The van der Waals surface area contributed by atoms with Gasteiger partial charge in [-0.2, -0.15) is 0 Å². The van der Waals surface area contributed by atoms with Gasteiger partial charge in [0.05, 0.1) is 27.1 Å². The third-order valence-corrected chi connectivity index (χ3v) is 6.07. The van der Waals surface area contributed by atoms with Crippen LogP contribution in [0.4, 0.5) is 0 Å². The molecule has 1 unspecified atom stereocenters. The van der Waals surface area contributed by atoms with Crippen molar-refractivity contribution in [2.75, 3.05) is 5.75 Å². The Morgan fingerprint density at radius 3 is 2.69 bits per heavy atom. The second-order valence-corrected chi connectivity index (χ2v) is 8.20. The van der Waals surface area contributed by atoms with Crippen molar-refractivity contribution in [3.63, 3.8) is 0 Å². The van der Waals surface area contributed by atoms with Crippen molar-refractivity contribution in [3.8, 4) is 0 Å². The zero-order chi connectivity index (χ0) is 18.8. The average molecular weight is 373 g/mol. The van der Waals surface area contributed by atoms with Gasteiger partial charge in [0.1, 0.15) is 5.76 Å². The molecule has 1 atom stereocenters. The summed E-state index contributed by atoms with van der Waals surface area (Å²) in [5.41, 5.74) is 1.82. The summed E-state index contributed by atoms with van der Waals surface area (Å²) in [4.78, 5) is 12.3. The van der Waals surface area contributed by atoms with Gasteiger partial charge in [-0.1, -0.05) is 19.1 Å². The Balaban J connectivity index is 2.29. The van der Waals surface area contributed by atoms with E-state index in [9.17, 15) is 19.2 Å². The van der Waals surface area contributed by atoms with Crippen LogP contribution >= 0.6 is 0 Å². The molecule has 26 heavy (non-hydrogen) atoms. The molecule has 2 N–H and O–H groups in total. The first-order valence-electron chi connectivity index (χ1n) is 8.78. The summed E-state index contributed by atoms with van der Waals surface area (Å²) in [6.45, 7) is 4.40. The second kappa shape index (κ2) is 7.50. The minimum atomic E-state index is -1.10. The maximum absolute atomic E-state index is 12.1. The number of carbonyl (C=O) groups is 1. The van der Waals surface area contributed by atoms with E-state index in [1.54, 1.807) is 24.3 Å². The number of hydrogen-bond acceptors (Lipinski definition) is 3. The van der Waals surface area contributed by atoms with Gasteiger partial charge >= 0.3 is 5.97 Å². The van der Waals surface area contributed by atoms with Gasteiger partial charge < -0.3 is 14.8 Å². The molecular weight excluding hydrogens is 350 g/mol. The number of aryl methyl sites for hydroxylation is 1. The largest absolute Gasteiger partial charge is 0.505 e. The first-order chi connectivity index (χ1) is 12.4. The summed E-state index contributed by atoms with van der Waals surface area (Å²) >= 11 is 0. The maximum atomic E-state index is 12.1. The van der Waals surface area contributed by atoms with Crippen LogP contribution < -0.4 is 10.7 Å². The Labute approximate surface area is 154 Å². The van der Waals surface area contributed by atoms with Gasteiger partial charge in [-0.05, 0) is 49.9 Å². The predicted octanol–water partition coefficient (Wildman–Crippen LogP) is 2.06. The Hall–Kier alpha value is -2.34. The van der Waals surface area contributed by atoms with Crippen molar-refractivity contribution < 1.29 is 19.2 Å². The molecule has 0 fully saturated rings. The van der Waals surface area contributed by atoms with Gasteiger partial charge in [0.2, 0.25) is 0 Å². The Kier molecular flexibility index (Phi) is 5.32. The number of hydrogen-bond donors (Lipinski definition) is 2. The second-order valence-electron chi connectivity index (χ2n) is 6.46. The van der Waals surface area contributed by atoms with Gasteiger partial charge in [0.25, 0.3) is 0 Å². The average Bonchev–Trinajstić information content (AvgIpc) is 2.82. The van der Waals surface area contributed by atoms with Crippen LogP contribution in [0.15, 0.2) is 35.2 Å². The normalized spacial score (nSPS) is 16.6. The number of aliphatic hydroxyl groups is 1. The van der Waals surface area contributed by atoms with Crippen molar-refractivity contribution in [1.82, 2.24) is 4.57 Å². The first-order valence-corrected chi connectivity index (χ1v) is 10.1. The van der Waals surface area contributed by atoms with E-state index < -0.39 is 16.8 Å². The van der Waals surface area contributed by atoms with Crippen molar-refractivity contribution in [1.29, 1.82) is 0 Å². The molecule has 2 heterocycles. The van der Waals surface area contributed by atoms with E-state index in [4.69, 9.17) is 0 Å². The van der Waals surface area contributed by atoms with Crippen molar-refractivity contribution in [2.24, 2.45) is 0 Å². The number of carboxylic acid groups (broad SMARTS) is 1. The molecule has 0 saturated heterocycles. The van der Waals surface area contributed by atoms with E-state index in [1.165, 1.54) is 0 Å². The minimum absolute atomic E-state index is 0.0929. The molecule has 1 aromatic carbocycles. The molecule has 138 valence electrons. The third-order valence-electron chi connectivity index (χ3n) is 4.77. The van der Waals surface area contributed by atoms with E-state index in [2.05, 4.69) is 0 Å². The smallest absolute Gasteiger partial charge is 0.333 e. The Bertz CT molecular complexity index is 1000. The maximum Gasteiger partial charge on any atom is 0.333 e. The van der Waals surface area contributed by atoms with E-state index in [-0.39, 0.29) is 5.76 Å². The number of aliphatic hydroxyl groups excluding tert-OH is 1. The molecule has 1 aliphatic rings. The van der Waals surface area contributed by atoms with Crippen LogP contribution in [0.2, 0.25) is 0 Å². The van der Waals surface area contributed by atoms with Crippen molar-refractivity contribution >= 4 is 28.1 Å². The van der Waals surface area contributed by atoms with Crippen LogP contribution in [0, 0.1) is 6.92 Å². The van der Waals surface area contributed by atoms with Crippen LogP contribution in [-0.2, 0) is 22.1 Å². The van der Waals surface area contributed by atoms with Crippen LogP contribution in [0.25, 0.3) is 11.3 Å². The highest BCUT2D eigenvalue weighted by atomic mass is 32.2. The van der Waals surface area contributed by atoms with Gasteiger partial charge in [-0.15, -0.1) is 0 Å². The molecule has 1 aliphatic heterocycles. The standard InChI is InChI=1S/C20H23NO4S/c1-3-26(25)15-8-6-7-14(12-15)19(22)18-13(2)11-17-16(20(23)24)9-4-5-10-21(17)18/h6-8,11-12,22H,3-5,9-10H2,1-2H3,(H,23,24). The van der Waals surface area contributed by atoms with Gasteiger partial charge in [0.15, 0.2) is 0 Å². The molecule has 0 spiro atoms. The van der Waals surface area contributed by atoms with Crippen LogP contribution in [-0.4, -0.2) is 30.7 Å². The lowest BCUT2D eigenvalue weighted by molar-refractivity contribution is -0.130. The molecule has 5 nitrogen and oxygen atoms in total. The molecule has 6 heteroatoms. The van der Waals surface area contributed by atoms with Crippen molar-refractivity contribution in [3.05, 3.63) is 52.2 Å². The summed E-state index contributed by atoms with van der Waals surface area (Å²) in [6, 6.07) is 8.94. The quantitative estimate of drug-likeness (QED) is 0.860. The number of rotatable bonds is 4. The summed E-state index contributed by atoms with van der Waals surface area (Å²) in [6.07, 6.45) is 2.20. The topological polar surface area (TPSA) is 79.5 Å². The molecule has 0 aliphatic carbocycles.